The van der Waals surface area contributed by atoms with Crippen LogP contribution in [0.1, 0.15) is 46.0 Å². The Labute approximate surface area is 137 Å². The third-order valence-corrected chi connectivity index (χ3v) is 4.44. The Morgan fingerprint density at radius 3 is 2.57 bits per heavy atom. The Morgan fingerprint density at radius 2 is 2.04 bits per heavy atom. The molecule has 2 aliphatic rings. The van der Waals surface area contributed by atoms with Crippen molar-refractivity contribution < 1.29 is 19.1 Å². The minimum atomic E-state index is -0.698. The van der Waals surface area contributed by atoms with Crippen molar-refractivity contribution in [3.63, 3.8) is 0 Å². The van der Waals surface area contributed by atoms with Gasteiger partial charge in [0, 0.05) is 19.7 Å². The predicted molar refractivity (Wildman–Crippen MR) is 85.7 cm³/mol. The summed E-state index contributed by atoms with van der Waals surface area (Å²) >= 11 is 0. The molecular formula is C17H28N2O4. The van der Waals surface area contributed by atoms with E-state index in [1.165, 1.54) is 4.90 Å². The number of ketones is 1. The van der Waals surface area contributed by atoms with Gasteiger partial charge in [0.1, 0.15) is 6.04 Å². The molecule has 2 unspecified atom stereocenters. The van der Waals surface area contributed by atoms with E-state index < -0.39 is 17.7 Å². The molecule has 0 bridgehead atoms. The van der Waals surface area contributed by atoms with E-state index in [9.17, 15) is 14.4 Å². The average Bonchev–Trinajstić information content (AvgIpc) is 3.22. The van der Waals surface area contributed by atoms with Crippen LogP contribution in [0.2, 0.25) is 0 Å². The molecule has 2 rings (SSSR count). The second kappa shape index (κ2) is 8.43. The fraction of sp³-hybridized carbons (Fsp3) is 0.824. The predicted octanol–water partition coefficient (Wildman–Crippen LogP) is 1.13. The van der Waals surface area contributed by atoms with E-state index in [1.54, 1.807) is 0 Å². The van der Waals surface area contributed by atoms with Gasteiger partial charge in [-0.15, -0.1) is 0 Å². The first-order valence-electron chi connectivity index (χ1n) is 8.66. The number of nitrogens with zero attached hydrogens (tertiary/aromatic N) is 1. The van der Waals surface area contributed by atoms with Crippen LogP contribution in [0.15, 0.2) is 0 Å². The standard InChI is InChI=1S/C17H28N2O4/c1-12(2)8-15(16(21)17(22)18-9-13-5-6-13)19(11-20)10-14-4-3-7-23-14/h11-15H,3-10H2,1-2H3,(H,18,22). The lowest BCUT2D eigenvalue weighted by molar-refractivity contribution is -0.143. The van der Waals surface area contributed by atoms with Gasteiger partial charge in [0.05, 0.1) is 6.10 Å². The van der Waals surface area contributed by atoms with Crippen LogP contribution in [0.5, 0.6) is 0 Å². The summed E-state index contributed by atoms with van der Waals surface area (Å²) in [5.74, 6) is -0.345. The Hall–Kier alpha value is -1.43. The first-order valence-corrected chi connectivity index (χ1v) is 8.66. The first-order chi connectivity index (χ1) is 11.0. The van der Waals surface area contributed by atoms with Gasteiger partial charge in [-0.2, -0.15) is 0 Å². The molecule has 1 saturated carbocycles. The quantitative estimate of drug-likeness (QED) is 0.483. The van der Waals surface area contributed by atoms with Gasteiger partial charge in [-0.1, -0.05) is 13.8 Å². The van der Waals surface area contributed by atoms with E-state index in [2.05, 4.69) is 5.32 Å². The number of ether oxygens (including phenoxy) is 1. The van der Waals surface area contributed by atoms with Crippen LogP contribution in [0, 0.1) is 11.8 Å². The first kappa shape index (κ1) is 17.9. The van der Waals surface area contributed by atoms with Crippen molar-refractivity contribution in [2.45, 2.75) is 58.1 Å². The van der Waals surface area contributed by atoms with Gasteiger partial charge in [-0.3, -0.25) is 14.4 Å². The van der Waals surface area contributed by atoms with Gasteiger partial charge < -0.3 is 15.0 Å². The molecule has 1 heterocycles. The van der Waals surface area contributed by atoms with Crippen LogP contribution in [0.4, 0.5) is 0 Å². The SMILES string of the molecule is CC(C)CC(C(=O)C(=O)NCC1CC1)N(C=O)CC1CCCO1. The Bertz CT molecular complexity index is 428. The molecule has 2 atom stereocenters. The third-order valence-electron chi connectivity index (χ3n) is 4.44. The summed E-state index contributed by atoms with van der Waals surface area (Å²) in [6, 6.07) is -0.698. The molecule has 1 N–H and O–H groups in total. The number of nitrogens with one attached hydrogen (secondary N) is 1. The van der Waals surface area contributed by atoms with E-state index in [0.29, 0.717) is 38.4 Å². The zero-order valence-corrected chi connectivity index (χ0v) is 14.1. The highest BCUT2D eigenvalue weighted by molar-refractivity contribution is 6.38. The summed E-state index contributed by atoms with van der Waals surface area (Å²) in [6.07, 6.45) is 5.23. The molecule has 2 fully saturated rings. The maximum absolute atomic E-state index is 12.5. The fourth-order valence-corrected chi connectivity index (χ4v) is 2.90. The maximum atomic E-state index is 12.5. The minimum absolute atomic E-state index is 0.0304. The lowest BCUT2D eigenvalue weighted by Gasteiger charge is -2.30. The van der Waals surface area contributed by atoms with E-state index >= 15 is 0 Å². The van der Waals surface area contributed by atoms with Gasteiger partial charge >= 0.3 is 0 Å². The Morgan fingerprint density at radius 1 is 1.30 bits per heavy atom. The molecule has 6 heteroatoms. The molecule has 1 aliphatic heterocycles. The number of hydrogen-bond donors (Lipinski definition) is 1. The van der Waals surface area contributed by atoms with Crippen LogP contribution in [0.25, 0.3) is 0 Å². The van der Waals surface area contributed by atoms with Crippen molar-refractivity contribution in [3.05, 3.63) is 0 Å². The van der Waals surface area contributed by atoms with Gasteiger partial charge in [0.25, 0.3) is 5.91 Å². The highest BCUT2D eigenvalue weighted by atomic mass is 16.5. The van der Waals surface area contributed by atoms with E-state index in [1.807, 2.05) is 13.8 Å². The highest BCUT2D eigenvalue weighted by Gasteiger charge is 2.33. The zero-order valence-electron chi connectivity index (χ0n) is 14.1. The van der Waals surface area contributed by atoms with E-state index in [0.717, 1.165) is 25.7 Å². The molecule has 23 heavy (non-hydrogen) atoms. The summed E-state index contributed by atoms with van der Waals surface area (Å²) in [6.45, 7) is 5.60. The molecule has 0 radical (unpaired) electrons. The third kappa shape index (κ3) is 5.61. The maximum Gasteiger partial charge on any atom is 0.289 e. The van der Waals surface area contributed by atoms with Crippen molar-refractivity contribution in [1.82, 2.24) is 10.2 Å². The minimum Gasteiger partial charge on any atom is -0.376 e. The van der Waals surface area contributed by atoms with Crippen molar-refractivity contribution in [2.75, 3.05) is 19.7 Å². The zero-order chi connectivity index (χ0) is 16.8. The van der Waals surface area contributed by atoms with Crippen LogP contribution in [-0.4, -0.2) is 54.8 Å². The number of rotatable bonds is 10. The Balaban J connectivity index is 1.97. The number of carbonyl (C=O) groups excluding carboxylic acids is 3. The number of Topliss-reactive ketones (excluding diaryl/α,β-unsaturated/α-hetero) is 1. The summed E-state index contributed by atoms with van der Waals surface area (Å²) < 4.78 is 5.56. The van der Waals surface area contributed by atoms with Crippen molar-refractivity contribution in [3.8, 4) is 0 Å². The summed E-state index contributed by atoms with van der Waals surface area (Å²) in [4.78, 5) is 37.6. The van der Waals surface area contributed by atoms with Crippen LogP contribution in [-0.2, 0) is 19.1 Å². The summed E-state index contributed by atoms with van der Waals surface area (Å²) in [5.41, 5.74) is 0. The van der Waals surface area contributed by atoms with Gasteiger partial charge in [0.2, 0.25) is 12.2 Å². The molecule has 0 aromatic heterocycles. The highest BCUT2D eigenvalue weighted by Crippen LogP contribution is 2.27. The molecule has 0 aromatic carbocycles. The van der Waals surface area contributed by atoms with Gasteiger partial charge in [0.15, 0.2) is 0 Å². The van der Waals surface area contributed by atoms with Crippen LogP contribution >= 0.6 is 0 Å². The summed E-state index contributed by atoms with van der Waals surface area (Å²) in [7, 11) is 0. The molecule has 6 nitrogen and oxygen atoms in total. The van der Waals surface area contributed by atoms with Crippen LogP contribution < -0.4 is 5.32 Å². The Kier molecular flexibility index (Phi) is 6.57. The van der Waals surface area contributed by atoms with Crippen LogP contribution in [0.3, 0.4) is 0 Å². The number of amides is 2. The molecule has 2 amide bonds. The average molecular weight is 324 g/mol. The van der Waals surface area contributed by atoms with Crippen molar-refractivity contribution in [1.29, 1.82) is 0 Å². The monoisotopic (exact) mass is 324 g/mol. The second-order valence-electron chi connectivity index (χ2n) is 7.10. The molecule has 130 valence electrons. The molecule has 1 saturated heterocycles. The summed E-state index contributed by atoms with van der Waals surface area (Å²) in [5, 5.41) is 2.71. The fourth-order valence-electron chi connectivity index (χ4n) is 2.90. The lowest BCUT2D eigenvalue weighted by atomic mass is 9.98. The topological polar surface area (TPSA) is 75.7 Å². The number of carbonyl (C=O) groups is 3. The van der Waals surface area contributed by atoms with Crippen molar-refractivity contribution >= 4 is 18.1 Å². The number of hydrogen-bond acceptors (Lipinski definition) is 4. The molecule has 0 spiro atoms. The van der Waals surface area contributed by atoms with Gasteiger partial charge in [-0.25, -0.2) is 0 Å². The largest absolute Gasteiger partial charge is 0.376 e. The molecular weight excluding hydrogens is 296 g/mol. The smallest absolute Gasteiger partial charge is 0.289 e. The lowest BCUT2D eigenvalue weighted by Crippen LogP contribution is -2.50. The van der Waals surface area contributed by atoms with E-state index in [-0.39, 0.29) is 12.0 Å². The normalized spacial score (nSPS) is 22.0. The van der Waals surface area contributed by atoms with Gasteiger partial charge in [-0.05, 0) is 43.9 Å². The van der Waals surface area contributed by atoms with Crippen molar-refractivity contribution in [2.24, 2.45) is 11.8 Å². The molecule has 0 aromatic rings. The molecule has 1 aliphatic carbocycles. The van der Waals surface area contributed by atoms with E-state index in [4.69, 9.17) is 4.74 Å². The second-order valence-corrected chi connectivity index (χ2v) is 7.10.